The number of nitriles is 1. The first-order valence-electron chi connectivity index (χ1n) is 6.49. The number of hydrogen-bond acceptors (Lipinski definition) is 3. The summed E-state index contributed by atoms with van der Waals surface area (Å²) in [6.45, 7) is 0.772. The van der Waals surface area contributed by atoms with Crippen LogP contribution in [0.4, 0.5) is 0 Å². The molecule has 5 nitrogen and oxygen atoms in total. The van der Waals surface area contributed by atoms with Crippen molar-refractivity contribution in [1.82, 2.24) is 14.5 Å². The molecule has 1 aliphatic heterocycles. The minimum absolute atomic E-state index is 0.123. The van der Waals surface area contributed by atoms with E-state index in [-0.39, 0.29) is 11.9 Å². The van der Waals surface area contributed by atoms with E-state index in [2.05, 4.69) is 11.1 Å². The second-order valence-corrected chi connectivity index (χ2v) is 4.91. The van der Waals surface area contributed by atoms with E-state index in [0.29, 0.717) is 5.56 Å². The van der Waals surface area contributed by atoms with Gasteiger partial charge in [0.2, 0.25) is 5.91 Å². The lowest BCUT2D eigenvalue weighted by atomic mass is 10.1. The average molecular weight is 266 g/mol. The summed E-state index contributed by atoms with van der Waals surface area (Å²) in [6, 6.07) is 9.17. The number of imidazole rings is 1. The fourth-order valence-electron chi connectivity index (χ4n) is 2.54. The summed E-state index contributed by atoms with van der Waals surface area (Å²) in [5.74, 6) is 0.890. The molecule has 0 bridgehead atoms. The van der Waals surface area contributed by atoms with Crippen LogP contribution in [0.15, 0.2) is 36.7 Å². The normalized spacial score (nSPS) is 18.3. The van der Waals surface area contributed by atoms with E-state index in [1.54, 1.807) is 23.2 Å². The Hall–Kier alpha value is -2.61. The fourth-order valence-corrected chi connectivity index (χ4v) is 2.54. The Bertz CT molecular complexity index is 681. The lowest BCUT2D eigenvalue weighted by Crippen LogP contribution is -2.24. The monoisotopic (exact) mass is 266 g/mol. The third kappa shape index (κ3) is 1.95. The molecule has 20 heavy (non-hydrogen) atoms. The molecule has 3 rings (SSSR count). The number of hydrogen-bond donors (Lipinski definition) is 0. The van der Waals surface area contributed by atoms with Gasteiger partial charge in [0.1, 0.15) is 11.9 Å². The molecule has 2 aromatic rings. The van der Waals surface area contributed by atoms with E-state index < -0.39 is 0 Å². The van der Waals surface area contributed by atoms with Gasteiger partial charge in [-0.25, -0.2) is 4.98 Å². The number of benzene rings is 1. The van der Waals surface area contributed by atoms with Gasteiger partial charge >= 0.3 is 0 Å². The van der Waals surface area contributed by atoms with Crippen molar-refractivity contribution in [3.63, 3.8) is 0 Å². The molecule has 1 aromatic heterocycles. The minimum Gasteiger partial charge on any atom is -0.344 e. The zero-order valence-electron chi connectivity index (χ0n) is 11.2. The molecular weight excluding hydrogens is 252 g/mol. The third-order valence-electron chi connectivity index (χ3n) is 3.68. The van der Waals surface area contributed by atoms with Gasteiger partial charge in [0.05, 0.1) is 11.6 Å². The summed E-state index contributed by atoms with van der Waals surface area (Å²) in [6.07, 6.45) is 4.35. The first-order valence-corrected chi connectivity index (χ1v) is 6.49. The van der Waals surface area contributed by atoms with E-state index in [1.165, 1.54) is 0 Å². The van der Waals surface area contributed by atoms with Gasteiger partial charge in [-0.1, -0.05) is 0 Å². The number of aromatic nitrogens is 2. The molecule has 0 aliphatic carbocycles. The van der Waals surface area contributed by atoms with Crippen LogP contribution >= 0.6 is 0 Å². The highest BCUT2D eigenvalue weighted by Crippen LogP contribution is 2.27. The molecular formula is C15H14N4O. The SMILES string of the molecule is CN1CCC(n2ccnc2-c2ccc(C#N)cc2)C1=O. The Morgan fingerprint density at radius 1 is 1.35 bits per heavy atom. The summed E-state index contributed by atoms with van der Waals surface area (Å²) in [5.41, 5.74) is 1.53. The van der Waals surface area contributed by atoms with Gasteiger partial charge in [-0.2, -0.15) is 5.26 Å². The third-order valence-corrected chi connectivity index (χ3v) is 3.68. The van der Waals surface area contributed by atoms with Crippen LogP contribution in [0.2, 0.25) is 0 Å². The molecule has 1 atom stereocenters. The maximum absolute atomic E-state index is 12.1. The Kier molecular flexibility index (Phi) is 2.99. The zero-order valence-corrected chi connectivity index (χ0v) is 11.2. The van der Waals surface area contributed by atoms with Crippen molar-refractivity contribution in [2.24, 2.45) is 0 Å². The lowest BCUT2D eigenvalue weighted by Gasteiger charge is -2.14. The Morgan fingerprint density at radius 2 is 2.10 bits per heavy atom. The Balaban J connectivity index is 1.98. The molecule has 5 heteroatoms. The molecule has 0 N–H and O–H groups in total. The number of amides is 1. The number of nitrogens with zero attached hydrogens (tertiary/aromatic N) is 4. The molecule has 0 radical (unpaired) electrons. The summed E-state index contributed by atoms with van der Waals surface area (Å²) >= 11 is 0. The van der Waals surface area contributed by atoms with Crippen molar-refractivity contribution in [3.05, 3.63) is 42.2 Å². The van der Waals surface area contributed by atoms with Crippen LogP contribution in [-0.4, -0.2) is 34.0 Å². The van der Waals surface area contributed by atoms with Crippen molar-refractivity contribution in [3.8, 4) is 17.5 Å². The number of likely N-dealkylation sites (tertiary alicyclic amines) is 1. The molecule has 100 valence electrons. The molecule has 1 fully saturated rings. The lowest BCUT2D eigenvalue weighted by molar-refractivity contribution is -0.129. The van der Waals surface area contributed by atoms with Gasteiger partial charge in [0.15, 0.2) is 0 Å². The van der Waals surface area contributed by atoms with Crippen molar-refractivity contribution in [1.29, 1.82) is 5.26 Å². The first kappa shape index (κ1) is 12.4. The number of likely N-dealkylation sites (N-methyl/N-ethyl adjacent to an activating group) is 1. The molecule has 2 heterocycles. The smallest absolute Gasteiger partial charge is 0.245 e. The van der Waals surface area contributed by atoms with Gasteiger partial charge in [-0.05, 0) is 30.7 Å². The Labute approximate surface area is 117 Å². The molecule has 0 spiro atoms. The van der Waals surface area contributed by atoms with E-state index in [9.17, 15) is 4.79 Å². The summed E-state index contributed by atoms with van der Waals surface area (Å²) in [7, 11) is 1.82. The van der Waals surface area contributed by atoms with Crippen molar-refractivity contribution >= 4 is 5.91 Å². The molecule has 1 aromatic carbocycles. The molecule has 1 saturated heterocycles. The quantitative estimate of drug-likeness (QED) is 0.833. The van der Waals surface area contributed by atoms with Gasteiger partial charge in [0.25, 0.3) is 0 Å². The topological polar surface area (TPSA) is 61.9 Å². The highest BCUT2D eigenvalue weighted by molar-refractivity contribution is 5.83. The largest absolute Gasteiger partial charge is 0.344 e. The molecule has 1 aliphatic rings. The number of rotatable bonds is 2. The van der Waals surface area contributed by atoms with Crippen LogP contribution in [0.5, 0.6) is 0 Å². The zero-order chi connectivity index (χ0) is 14.1. The fraction of sp³-hybridized carbons (Fsp3) is 0.267. The van der Waals surface area contributed by atoms with Gasteiger partial charge in [-0.3, -0.25) is 4.79 Å². The van der Waals surface area contributed by atoms with Crippen LogP contribution in [-0.2, 0) is 4.79 Å². The highest BCUT2D eigenvalue weighted by atomic mass is 16.2. The van der Waals surface area contributed by atoms with Crippen LogP contribution in [0, 0.1) is 11.3 Å². The predicted molar refractivity (Wildman–Crippen MR) is 73.7 cm³/mol. The summed E-state index contributed by atoms with van der Waals surface area (Å²) in [5, 5.41) is 8.83. The van der Waals surface area contributed by atoms with Crippen molar-refractivity contribution < 1.29 is 4.79 Å². The van der Waals surface area contributed by atoms with Crippen LogP contribution in [0.1, 0.15) is 18.0 Å². The summed E-state index contributed by atoms with van der Waals surface area (Å²) in [4.78, 5) is 18.2. The summed E-state index contributed by atoms with van der Waals surface area (Å²) < 4.78 is 1.92. The van der Waals surface area contributed by atoms with Crippen molar-refractivity contribution in [2.45, 2.75) is 12.5 Å². The van der Waals surface area contributed by atoms with Gasteiger partial charge in [-0.15, -0.1) is 0 Å². The first-order chi connectivity index (χ1) is 9.70. The van der Waals surface area contributed by atoms with Crippen molar-refractivity contribution in [2.75, 3.05) is 13.6 Å². The predicted octanol–water partition coefficient (Wildman–Crippen LogP) is 1.82. The second-order valence-electron chi connectivity index (χ2n) is 4.91. The maximum atomic E-state index is 12.1. The number of carbonyl (C=O) groups is 1. The number of carbonyl (C=O) groups excluding carboxylic acids is 1. The Morgan fingerprint density at radius 3 is 2.70 bits per heavy atom. The van der Waals surface area contributed by atoms with Gasteiger partial charge < -0.3 is 9.47 Å². The molecule has 1 unspecified atom stereocenters. The standard InChI is InChI=1S/C15H14N4O/c1-18-8-6-13(15(18)20)19-9-7-17-14(19)12-4-2-11(10-16)3-5-12/h2-5,7,9,13H,6,8H2,1H3. The van der Waals surface area contributed by atoms with Crippen LogP contribution < -0.4 is 0 Å². The highest BCUT2D eigenvalue weighted by Gasteiger charge is 2.31. The van der Waals surface area contributed by atoms with E-state index >= 15 is 0 Å². The van der Waals surface area contributed by atoms with E-state index in [0.717, 1.165) is 24.4 Å². The molecule has 0 saturated carbocycles. The molecule has 1 amide bonds. The second kappa shape index (κ2) is 4.82. The minimum atomic E-state index is -0.173. The maximum Gasteiger partial charge on any atom is 0.245 e. The van der Waals surface area contributed by atoms with E-state index in [4.69, 9.17) is 5.26 Å². The van der Waals surface area contributed by atoms with Crippen LogP contribution in [0.25, 0.3) is 11.4 Å². The van der Waals surface area contributed by atoms with Crippen LogP contribution in [0.3, 0.4) is 0 Å². The van der Waals surface area contributed by atoms with E-state index in [1.807, 2.05) is 29.9 Å². The van der Waals surface area contributed by atoms with Gasteiger partial charge in [0, 0.05) is 31.5 Å². The average Bonchev–Trinajstić information content (AvgIpc) is 3.07.